The van der Waals surface area contributed by atoms with Crippen molar-refractivity contribution in [1.82, 2.24) is 14.7 Å². The van der Waals surface area contributed by atoms with Crippen molar-refractivity contribution in [1.29, 1.82) is 0 Å². The van der Waals surface area contributed by atoms with Crippen LogP contribution in [0.15, 0.2) is 16.9 Å². The summed E-state index contributed by atoms with van der Waals surface area (Å²) < 4.78 is 0.913. The molecule has 108 valence electrons. The van der Waals surface area contributed by atoms with Crippen molar-refractivity contribution < 1.29 is 14.7 Å². The minimum atomic E-state index is -1.22. The highest BCUT2D eigenvalue weighted by atomic mass is 16.4. The first-order valence-corrected chi connectivity index (χ1v) is 6.67. The molecule has 1 fully saturated rings. The van der Waals surface area contributed by atoms with E-state index in [-0.39, 0.29) is 18.1 Å². The summed E-state index contributed by atoms with van der Waals surface area (Å²) in [6.45, 7) is 1.17. The Labute approximate surface area is 115 Å². The normalized spacial score (nSPS) is 15.7. The van der Waals surface area contributed by atoms with Gasteiger partial charge in [0.25, 0.3) is 5.56 Å². The summed E-state index contributed by atoms with van der Waals surface area (Å²) in [5, 5.41) is 12.5. The molecule has 7 nitrogen and oxygen atoms in total. The van der Waals surface area contributed by atoms with E-state index in [1.807, 2.05) is 0 Å². The van der Waals surface area contributed by atoms with Crippen LogP contribution in [0.1, 0.15) is 36.2 Å². The van der Waals surface area contributed by atoms with Crippen molar-refractivity contribution in [2.45, 2.75) is 32.2 Å². The van der Waals surface area contributed by atoms with Crippen molar-refractivity contribution in [3.05, 3.63) is 28.2 Å². The van der Waals surface area contributed by atoms with Gasteiger partial charge in [0, 0.05) is 19.2 Å². The molecule has 0 radical (unpaired) electrons. The van der Waals surface area contributed by atoms with Crippen molar-refractivity contribution in [2.75, 3.05) is 13.1 Å². The second kappa shape index (κ2) is 6.31. The Balaban J connectivity index is 2.12. The Morgan fingerprint density at radius 2 is 1.80 bits per heavy atom. The zero-order chi connectivity index (χ0) is 14.5. The highest BCUT2D eigenvalue weighted by Crippen LogP contribution is 2.09. The van der Waals surface area contributed by atoms with Gasteiger partial charge in [0.15, 0.2) is 5.69 Å². The molecule has 0 unspecified atom stereocenters. The maximum absolute atomic E-state index is 12.1. The number of aromatic carboxylic acids is 1. The van der Waals surface area contributed by atoms with Gasteiger partial charge in [0.2, 0.25) is 5.91 Å². The topological polar surface area (TPSA) is 92.5 Å². The van der Waals surface area contributed by atoms with E-state index < -0.39 is 11.5 Å². The molecule has 0 saturated carbocycles. The first kappa shape index (κ1) is 14.2. The number of carboxylic acid groups (broad SMARTS) is 1. The summed E-state index contributed by atoms with van der Waals surface area (Å²) in [6, 6.07) is 2.25. The van der Waals surface area contributed by atoms with E-state index in [4.69, 9.17) is 5.11 Å². The number of likely N-dealkylation sites (tertiary alicyclic amines) is 1. The molecule has 1 aromatic rings. The molecule has 20 heavy (non-hydrogen) atoms. The summed E-state index contributed by atoms with van der Waals surface area (Å²) in [5.41, 5.74) is -0.716. The highest BCUT2D eigenvalue weighted by molar-refractivity contribution is 5.85. The number of carbonyl (C=O) groups excluding carboxylic acids is 1. The van der Waals surface area contributed by atoms with Crippen LogP contribution in [0.25, 0.3) is 0 Å². The van der Waals surface area contributed by atoms with Crippen LogP contribution in [0, 0.1) is 0 Å². The largest absolute Gasteiger partial charge is 0.476 e. The number of hydrogen-bond acceptors (Lipinski definition) is 4. The van der Waals surface area contributed by atoms with Crippen LogP contribution in [-0.2, 0) is 11.3 Å². The quantitative estimate of drug-likeness (QED) is 0.861. The average molecular weight is 279 g/mol. The Morgan fingerprint density at radius 3 is 2.40 bits per heavy atom. The van der Waals surface area contributed by atoms with Crippen molar-refractivity contribution in [2.24, 2.45) is 0 Å². The lowest BCUT2D eigenvalue weighted by atomic mass is 10.2. The van der Waals surface area contributed by atoms with Crippen LogP contribution in [0.5, 0.6) is 0 Å². The molecule has 0 bridgehead atoms. The molecule has 0 atom stereocenters. The fourth-order valence-electron chi connectivity index (χ4n) is 2.22. The third-order valence-corrected chi connectivity index (χ3v) is 3.33. The lowest BCUT2D eigenvalue weighted by molar-refractivity contribution is -0.132. The Bertz CT molecular complexity index is 559. The molecule has 1 aromatic heterocycles. The zero-order valence-corrected chi connectivity index (χ0v) is 11.1. The molecule has 1 aliphatic rings. The minimum Gasteiger partial charge on any atom is -0.476 e. The molecular weight excluding hydrogens is 262 g/mol. The molecule has 0 aromatic carbocycles. The predicted octanol–water partition coefficient (Wildman–Crippen LogP) is 0.344. The van der Waals surface area contributed by atoms with E-state index in [0.29, 0.717) is 13.1 Å². The molecule has 2 rings (SSSR count). The summed E-state index contributed by atoms with van der Waals surface area (Å²) in [6.07, 6.45) is 4.14. The van der Waals surface area contributed by atoms with E-state index >= 15 is 0 Å². The zero-order valence-electron chi connectivity index (χ0n) is 11.1. The van der Waals surface area contributed by atoms with Crippen LogP contribution < -0.4 is 5.56 Å². The van der Waals surface area contributed by atoms with Gasteiger partial charge < -0.3 is 10.0 Å². The van der Waals surface area contributed by atoms with Gasteiger partial charge >= 0.3 is 5.97 Å². The van der Waals surface area contributed by atoms with Crippen LogP contribution >= 0.6 is 0 Å². The predicted molar refractivity (Wildman–Crippen MR) is 70.5 cm³/mol. The third-order valence-electron chi connectivity index (χ3n) is 3.33. The highest BCUT2D eigenvalue weighted by Gasteiger charge is 2.17. The molecule has 1 aliphatic heterocycles. The molecule has 0 spiro atoms. The number of carbonyl (C=O) groups is 2. The maximum Gasteiger partial charge on any atom is 0.356 e. The molecule has 1 N–H and O–H groups in total. The van der Waals surface area contributed by atoms with E-state index in [9.17, 15) is 14.4 Å². The molecule has 0 aliphatic carbocycles. The van der Waals surface area contributed by atoms with Crippen LogP contribution in [0.2, 0.25) is 0 Å². The molecule has 1 amide bonds. The number of nitrogens with zero attached hydrogens (tertiary/aromatic N) is 3. The lowest BCUT2D eigenvalue weighted by Gasteiger charge is -2.20. The molecule has 2 heterocycles. The first-order chi connectivity index (χ1) is 9.58. The standard InChI is InChI=1S/C13H17N3O4/c17-11-6-5-10(13(19)20)14-16(11)9-12(18)15-7-3-1-2-4-8-15/h5-6H,1-4,7-9H2,(H,19,20). The van der Waals surface area contributed by atoms with E-state index in [1.54, 1.807) is 4.90 Å². The molecule has 1 saturated heterocycles. The third kappa shape index (κ3) is 3.43. The number of amides is 1. The maximum atomic E-state index is 12.1. The monoisotopic (exact) mass is 279 g/mol. The van der Waals surface area contributed by atoms with Crippen molar-refractivity contribution >= 4 is 11.9 Å². The fourth-order valence-corrected chi connectivity index (χ4v) is 2.22. The second-order valence-corrected chi connectivity index (χ2v) is 4.81. The van der Waals surface area contributed by atoms with Gasteiger partial charge in [0.05, 0.1) is 0 Å². The summed E-state index contributed by atoms with van der Waals surface area (Å²) >= 11 is 0. The van der Waals surface area contributed by atoms with Crippen molar-refractivity contribution in [3.8, 4) is 0 Å². The number of rotatable bonds is 3. The average Bonchev–Trinajstić information content (AvgIpc) is 2.70. The van der Waals surface area contributed by atoms with Gasteiger partial charge in [-0.25, -0.2) is 9.48 Å². The van der Waals surface area contributed by atoms with Crippen LogP contribution in [0.3, 0.4) is 0 Å². The van der Waals surface area contributed by atoms with Gasteiger partial charge in [-0.1, -0.05) is 12.8 Å². The summed E-state index contributed by atoms with van der Waals surface area (Å²) in [5.74, 6) is -1.41. The van der Waals surface area contributed by atoms with Gasteiger partial charge in [-0.3, -0.25) is 9.59 Å². The van der Waals surface area contributed by atoms with Gasteiger partial charge in [-0.2, -0.15) is 5.10 Å². The minimum absolute atomic E-state index is 0.191. The Kier molecular flexibility index (Phi) is 4.49. The second-order valence-electron chi connectivity index (χ2n) is 4.81. The SMILES string of the molecule is O=C(O)c1ccc(=O)n(CC(=O)N2CCCCCC2)n1. The van der Waals surface area contributed by atoms with Crippen LogP contribution in [0.4, 0.5) is 0 Å². The lowest BCUT2D eigenvalue weighted by Crippen LogP contribution is -2.38. The first-order valence-electron chi connectivity index (χ1n) is 6.67. The summed E-state index contributed by atoms with van der Waals surface area (Å²) in [4.78, 5) is 36.3. The number of aromatic nitrogens is 2. The van der Waals surface area contributed by atoms with Gasteiger partial charge in [-0.15, -0.1) is 0 Å². The Morgan fingerprint density at radius 1 is 1.15 bits per heavy atom. The molecular formula is C13H17N3O4. The molecule has 7 heteroatoms. The Hall–Kier alpha value is -2.18. The summed E-state index contributed by atoms with van der Waals surface area (Å²) in [7, 11) is 0. The van der Waals surface area contributed by atoms with Crippen LogP contribution in [-0.4, -0.2) is 44.8 Å². The van der Waals surface area contributed by atoms with E-state index in [1.165, 1.54) is 0 Å². The van der Waals surface area contributed by atoms with E-state index in [0.717, 1.165) is 42.5 Å². The number of hydrogen-bond donors (Lipinski definition) is 1. The van der Waals surface area contributed by atoms with Gasteiger partial charge in [-0.05, 0) is 18.9 Å². The van der Waals surface area contributed by atoms with E-state index in [2.05, 4.69) is 5.10 Å². The van der Waals surface area contributed by atoms with Gasteiger partial charge in [0.1, 0.15) is 6.54 Å². The fraction of sp³-hybridized carbons (Fsp3) is 0.538. The number of carboxylic acids is 1. The van der Waals surface area contributed by atoms with Crippen molar-refractivity contribution in [3.63, 3.8) is 0 Å². The smallest absolute Gasteiger partial charge is 0.356 e.